The van der Waals surface area contributed by atoms with E-state index in [1.54, 1.807) is 11.3 Å². The molecule has 2 N–H and O–H groups in total. The van der Waals surface area contributed by atoms with Gasteiger partial charge >= 0.3 is 0 Å². The first kappa shape index (κ1) is 23.5. The number of carbonyl (C=O) groups excluding carboxylic acids is 1. The van der Waals surface area contributed by atoms with Crippen LogP contribution in [-0.4, -0.2) is 58.3 Å². The van der Waals surface area contributed by atoms with Crippen LogP contribution in [0.15, 0.2) is 29.6 Å². The van der Waals surface area contributed by atoms with E-state index >= 15 is 0 Å². The van der Waals surface area contributed by atoms with Gasteiger partial charge in [-0.2, -0.15) is 0 Å². The molecule has 0 atom stereocenters. The van der Waals surface area contributed by atoms with E-state index in [-0.39, 0.29) is 5.91 Å². The van der Waals surface area contributed by atoms with Crippen molar-refractivity contribution in [2.45, 2.75) is 32.1 Å². The second kappa shape index (κ2) is 10.5. The molecule has 1 amide bonds. The third-order valence-corrected chi connectivity index (χ3v) is 7.86. The Morgan fingerprint density at radius 1 is 1.18 bits per heavy atom. The monoisotopic (exact) mass is 501 g/mol. The summed E-state index contributed by atoms with van der Waals surface area (Å²) in [7, 11) is 4.05. The van der Waals surface area contributed by atoms with E-state index in [1.165, 1.54) is 11.3 Å². The summed E-state index contributed by atoms with van der Waals surface area (Å²) in [6.07, 6.45) is 2.70. The van der Waals surface area contributed by atoms with Crippen LogP contribution < -0.4 is 15.5 Å². The summed E-state index contributed by atoms with van der Waals surface area (Å²) in [5.74, 6) is 0.0996. The van der Waals surface area contributed by atoms with Crippen LogP contribution in [0, 0.1) is 0 Å². The molecule has 0 unspecified atom stereocenters. The van der Waals surface area contributed by atoms with Crippen molar-refractivity contribution in [1.29, 1.82) is 0 Å². The van der Waals surface area contributed by atoms with Crippen LogP contribution in [-0.2, 0) is 6.42 Å². The Bertz CT molecular complexity index is 1100. The summed E-state index contributed by atoms with van der Waals surface area (Å²) in [6, 6.07) is 8.23. The lowest BCUT2D eigenvalue weighted by atomic mass is 9.98. The van der Waals surface area contributed by atoms with Gasteiger partial charge in [0.15, 0.2) is 5.11 Å². The van der Waals surface area contributed by atoms with Gasteiger partial charge in [0, 0.05) is 49.9 Å². The molecule has 11 heteroatoms. The van der Waals surface area contributed by atoms with Crippen LogP contribution in [0.2, 0.25) is 0 Å². The standard InChI is InChI=1S/C22H27N7OS3/c1-4-18-26-27-21(33-18)25-19(30)17-13-32-20(24-17)14-9-11-29(12-10-14)22(31)23-15-5-7-16(8-6-15)28(2)3/h5-8,13-14H,4,9-12H2,1-3H3,(H,23,31)(H,25,27,30). The van der Waals surface area contributed by atoms with Gasteiger partial charge in [-0.25, -0.2) is 4.98 Å². The zero-order chi connectivity index (χ0) is 23.4. The van der Waals surface area contributed by atoms with Crippen molar-refractivity contribution in [2.75, 3.05) is 42.7 Å². The van der Waals surface area contributed by atoms with Crippen LogP contribution in [0.4, 0.5) is 16.5 Å². The van der Waals surface area contributed by atoms with E-state index in [9.17, 15) is 4.79 Å². The van der Waals surface area contributed by atoms with E-state index in [0.717, 1.165) is 58.9 Å². The number of nitrogens with one attached hydrogen (secondary N) is 2. The maximum atomic E-state index is 12.5. The number of amides is 1. The lowest BCUT2D eigenvalue weighted by Gasteiger charge is -2.33. The molecule has 0 aliphatic carbocycles. The third-order valence-electron chi connectivity index (χ3n) is 5.51. The maximum absolute atomic E-state index is 12.5. The van der Waals surface area contributed by atoms with Gasteiger partial charge in [0.2, 0.25) is 5.13 Å². The predicted molar refractivity (Wildman–Crippen MR) is 140 cm³/mol. The van der Waals surface area contributed by atoms with Crippen molar-refractivity contribution >= 4 is 62.4 Å². The highest BCUT2D eigenvalue weighted by atomic mass is 32.1. The zero-order valence-electron chi connectivity index (χ0n) is 18.9. The van der Waals surface area contributed by atoms with E-state index in [4.69, 9.17) is 12.2 Å². The van der Waals surface area contributed by atoms with Crippen LogP contribution in [0.3, 0.4) is 0 Å². The number of benzene rings is 1. The Labute approximate surface area is 207 Å². The Hall–Kier alpha value is -2.63. The molecular weight excluding hydrogens is 474 g/mol. The fraction of sp³-hybridized carbons (Fsp3) is 0.409. The predicted octanol–water partition coefficient (Wildman–Crippen LogP) is 4.45. The van der Waals surface area contributed by atoms with Gasteiger partial charge in [0.05, 0.1) is 5.01 Å². The average Bonchev–Trinajstić information content (AvgIpc) is 3.49. The molecule has 1 aliphatic heterocycles. The fourth-order valence-corrected chi connectivity index (χ4v) is 5.51. The number of hydrogen-bond acceptors (Lipinski definition) is 8. The molecule has 0 bridgehead atoms. The first-order chi connectivity index (χ1) is 15.9. The van der Waals surface area contributed by atoms with Gasteiger partial charge in [-0.3, -0.25) is 10.1 Å². The number of likely N-dealkylation sites (tertiary alicyclic amines) is 1. The summed E-state index contributed by atoms with van der Waals surface area (Å²) >= 11 is 8.57. The molecular formula is C22H27N7OS3. The smallest absolute Gasteiger partial charge is 0.276 e. The number of carbonyl (C=O) groups is 1. The van der Waals surface area contributed by atoms with Gasteiger partial charge in [-0.15, -0.1) is 21.5 Å². The number of aryl methyl sites for hydroxylation is 1. The van der Waals surface area contributed by atoms with Crippen LogP contribution in [0.1, 0.15) is 46.2 Å². The largest absolute Gasteiger partial charge is 0.378 e. The molecule has 1 aromatic carbocycles. The molecule has 174 valence electrons. The SMILES string of the molecule is CCc1nnc(NC(=O)c2csc(C3CCN(C(=S)Nc4ccc(N(C)C)cc4)CC3)n2)s1. The second-order valence-corrected chi connectivity index (χ2v) is 10.4. The lowest BCUT2D eigenvalue weighted by molar-refractivity contribution is 0.102. The van der Waals surface area contributed by atoms with Crippen molar-refractivity contribution in [1.82, 2.24) is 20.1 Å². The third kappa shape index (κ3) is 5.84. The quantitative estimate of drug-likeness (QED) is 0.479. The van der Waals surface area contributed by atoms with Gasteiger partial charge in [0.1, 0.15) is 10.7 Å². The van der Waals surface area contributed by atoms with E-state index in [2.05, 4.69) is 47.7 Å². The minimum absolute atomic E-state index is 0.237. The molecule has 8 nitrogen and oxygen atoms in total. The number of thiocarbonyl (C=S) groups is 1. The molecule has 1 aliphatic rings. The first-order valence-electron chi connectivity index (χ1n) is 10.9. The molecule has 4 rings (SSSR count). The Kier molecular flexibility index (Phi) is 7.51. The molecule has 0 saturated carbocycles. The molecule has 33 heavy (non-hydrogen) atoms. The Morgan fingerprint density at radius 3 is 2.55 bits per heavy atom. The summed E-state index contributed by atoms with van der Waals surface area (Å²) in [5, 5.41) is 19.2. The number of hydrogen-bond donors (Lipinski definition) is 2. The molecule has 3 heterocycles. The zero-order valence-corrected chi connectivity index (χ0v) is 21.3. The molecule has 1 saturated heterocycles. The van der Waals surface area contributed by atoms with Gasteiger partial charge in [-0.05, 0) is 55.7 Å². The molecule has 2 aromatic heterocycles. The summed E-state index contributed by atoms with van der Waals surface area (Å²) in [5.41, 5.74) is 2.58. The van der Waals surface area contributed by atoms with Crippen molar-refractivity contribution < 1.29 is 4.79 Å². The van der Waals surface area contributed by atoms with Gasteiger partial charge in [-0.1, -0.05) is 18.3 Å². The van der Waals surface area contributed by atoms with Gasteiger partial charge in [0.25, 0.3) is 5.91 Å². The average molecular weight is 502 g/mol. The second-order valence-electron chi connectivity index (χ2n) is 8.01. The van der Waals surface area contributed by atoms with Crippen molar-refractivity contribution in [3.8, 4) is 0 Å². The minimum Gasteiger partial charge on any atom is -0.378 e. The minimum atomic E-state index is -0.237. The first-order valence-corrected chi connectivity index (χ1v) is 13.0. The van der Waals surface area contributed by atoms with E-state index in [1.807, 2.05) is 38.5 Å². The number of nitrogens with zero attached hydrogens (tertiary/aromatic N) is 5. The summed E-state index contributed by atoms with van der Waals surface area (Å²) < 4.78 is 0. The van der Waals surface area contributed by atoms with E-state index in [0.29, 0.717) is 16.7 Å². The fourth-order valence-electron chi connectivity index (χ4n) is 3.56. The molecule has 1 fully saturated rings. The maximum Gasteiger partial charge on any atom is 0.276 e. The topological polar surface area (TPSA) is 86.3 Å². The summed E-state index contributed by atoms with van der Waals surface area (Å²) in [6.45, 7) is 3.73. The Morgan fingerprint density at radius 2 is 1.91 bits per heavy atom. The lowest BCUT2D eigenvalue weighted by Crippen LogP contribution is -2.40. The van der Waals surface area contributed by atoms with Crippen LogP contribution in [0.5, 0.6) is 0 Å². The number of rotatable bonds is 6. The van der Waals surface area contributed by atoms with Gasteiger partial charge < -0.3 is 15.1 Å². The number of piperidine rings is 1. The summed E-state index contributed by atoms with van der Waals surface area (Å²) in [4.78, 5) is 21.4. The van der Waals surface area contributed by atoms with Crippen molar-refractivity contribution in [3.63, 3.8) is 0 Å². The molecule has 0 radical (unpaired) electrons. The molecule has 3 aromatic rings. The highest BCUT2D eigenvalue weighted by molar-refractivity contribution is 7.80. The highest BCUT2D eigenvalue weighted by Crippen LogP contribution is 2.31. The molecule has 0 spiro atoms. The van der Waals surface area contributed by atoms with E-state index < -0.39 is 0 Å². The highest BCUT2D eigenvalue weighted by Gasteiger charge is 2.25. The normalized spacial score (nSPS) is 14.2. The van der Waals surface area contributed by atoms with Crippen LogP contribution in [0.25, 0.3) is 0 Å². The van der Waals surface area contributed by atoms with Crippen LogP contribution >= 0.6 is 34.9 Å². The number of anilines is 3. The van der Waals surface area contributed by atoms with Crippen molar-refractivity contribution in [3.05, 3.63) is 45.4 Å². The number of thiazole rings is 1. The Balaban J connectivity index is 1.28. The van der Waals surface area contributed by atoms with Crippen molar-refractivity contribution in [2.24, 2.45) is 0 Å². The number of aromatic nitrogens is 3.